The van der Waals surface area contributed by atoms with Crippen LogP contribution < -0.4 is 0 Å². The molecule has 3 rings (SSSR count). The lowest BCUT2D eigenvalue weighted by Crippen LogP contribution is -2.43. The Hall–Kier alpha value is -1.33. The van der Waals surface area contributed by atoms with Crippen molar-refractivity contribution >= 4 is 5.97 Å². The van der Waals surface area contributed by atoms with Crippen LogP contribution in [0.15, 0.2) is 24.5 Å². The number of carbonyl (C=O) groups excluding carboxylic acids is 1. The van der Waals surface area contributed by atoms with Gasteiger partial charge in [0.2, 0.25) is 6.29 Å². The molecule has 0 amide bonds. The molecular weight excluding hydrogens is 236 g/mol. The normalized spacial score (nSPS) is 44.9. The molecule has 5 heteroatoms. The number of hydrogen-bond acceptors (Lipinski definition) is 5. The molecule has 1 aliphatic carbocycles. The number of aliphatic hydroxyl groups is 1. The Morgan fingerprint density at radius 2 is 2.50 bits per heavy atom. The maximum Gasteiger partial charge on any atom is 0.337 e. The summed E-state index contributed by atoms with van der Waals surface area (Å²) in [5.74, 6) is -0.809. The van der Waals surface area contributed by atoms with E-state index in [-0.39, 0.29) is 24.4 Å². The fourth-order valence-corrected chi connectivity index (χ4v) is 3.46. The zero-order valence-corrected chi connectivity index (χ0v) is 10.2. The van der Waals surface area contributed by atoms with E-state index < -0.39 is 17.9 Å². The molecule has 0 radical (unpaired) electrons. The van der Waals surface area contributed by atoms with Gasteiger partial charge in [-0.05, 0) is 6.42 Å². The number of rotatable bonds is 2. The van der Waals surface area contributed by atoms with Crippen LogP contribution in [0.1, 0.15) is 6.42 Å². The lowest BCUT2D eigenvalue weighted by Gasteiger charge is -2.31. The fourth-order valence-electron chi connectivity index (χ4n) is 3.46. The zero-order chi connectivity index (χ0) is 12.9. The summed E-state index contributed by atoms with van der Waals surface area (Å²) in [4.78, 5) is 11.7. The van der Waals surface area contributed by atoms with Gasteiger partial charge in [-0.3, -0.25) is 0 Å². The average Bonchev–Trinajstić information content (AvgIpc) is 2.88. The van der Waals surface area contributed by atoms with Crippen LogP contribution in [0.2, 0.25) is 0 Å². The van der Waals surface area contributed by atoms with Gasteiger partial charge < -0.3 is 19.3 Å². The quantitative estimate of drug-likeness (QED) is 0.576. The van der Waals surface area contributed by atoms with E-state index in [1.165, 1.54) is 13.4 Å². The van der Waals surface area contributed by atoms with Crippen molar-refractivity contribution in [3.63, 3.8) is 0 Å². The van der Waals surface area contributed by atoms with Gasteiger partial charge in [0.05, 0.1) is 31.5 Å². The Labute approximate surface area is 105 Å². The number of methoxy groups -OCH3 is 1. The summed E-state index contributed by atoms with van der Waals surface area (Å²) >= 11 is 0. The van der Waals surface area contributed by atoms with Gasteiger partial charge >= 0.3 is 5.97 Å². The highest BCUT2D eigenvalue weighted by atomic mass is 16.7. The maximum atomic E-state index is 11.7. The van der Waals surface area contributed by atoms with Gasteiger partial charge in [0.15, 0.2) is 0 Å². The van der Waals surface area contributed by atoms with Gasteiger partial charge in [0.1, 0.15) is 5.60 Å². The molecule has 0 bridgehead atoms. The summed E-state index contributed by atoms with van der Waals surface area (Å²) in [6, 6.07) is 0. The lowest BCUT2D eigenvalue weighted by atomic mass is 9.81. The van der Waals surface area contributed by atoms with Crippen LogP contribution in [0.3, 0.4) is 0 Å². The van der Waals surface area contributed by atoms with Crippen molar-refractivity contribution in [3.05, 3.63) is 24.5 Å². The minimum absolute atomic E-state index is 0.0905. The monoisotopic (exact) mass is 252 g/mol. The van der Waals surface area contributed by atoms with Crippen LogP contribution in [-0.4, -0.2) is 36.7 Å². The number of esters is 1. The first-order valence-corrected chi connectivity index (χ1v) is 6.02. The van der Waals surface area contributed by atoms with Crippen LogP contribution in [-0.2, 0) is 19.0 Å². The van der Waals surface area contributed by atoms with Crippen molar-refractivity contribution in [1.82, 2.24) is 0 Å². The van der Waals surface area contributed by atoms with E-state index in [0.29, 0.717) is 12.0 Å². The molecule has 0 aromatic rings. The van der Waals surface area contributed by atoms with Crippen LogP contribution in [0.5, 0.6) is 0 Å². The van der Waals surface area contributed by atoms with E-state index in [4.69, 9.17) is 14.2 Å². The number of hydrogen-bond donors (Lipinski definition) is 1. The molecule has 2 aliphatic heterocycles. The molecule has 5 atom stereocenters. The van der Waals surface area contributed by atoms with E-state index in [1.807, 2.05) is 0 Å². The van der Waals surface area contributed by atoms with Crippen LogP contribution in [0, 0.1) is 17.8 Å². The van der Waals surface area contributed by atoms with E-state index in [9.17, 15) is 9.90 Å². The first-order chi connectivity index (χ1) is 8.61. The molecule has 0 aromatic carbocycles. The first kappa shape index (κ1) is 11.7. The zero-order valence-electron chi connectivity index (χ0n) is 10.2. The largest absolute Gasteiger partial charge is 0.472 e. The van der Waals surface area contributed by atoms with E-state index >= 15 is 0 Å². The van der Waals surface area contributed by atoms with Gasteiger partial charge in [0.25, 0.3) is 0 Å². The van der Waals surface area contributed by atoms with Crippen LogP contribution in [0.25, 0.3) is 0 Å². The van der Waals surface area contributed by atoms with Gasteiger partial charge in [0, 0.05) is 11.8 Å². The summed E-state index contributed by atoms with van der Waals surface area (Å²) in [5, 5.41) is 10.7. The van der Waals surface area contributed by atoms with E-state index in [0.717, 1.165) is 0 Å². The molecule has 2 fully saturated rings. The average molecular weight is 252 g/mol. The summed E-state index contributed by atoms with van der Waals surface area (Å²) in [6.45, 7) is 3.98. The third-order valence-electron chi connectivity index (χ3n) is 4.37. The third-order valence-corrected chi connectivity index (χ3v) is 4.37. The van der Waals surface area contributed by atoms with Crippen molar-refractivity contribution in [2.45, 2.75) is 18.3 Å². The molecule has 0 aromatic heterocycles. The van der Waals surface area contributed by atoms with Crippen molar-refractivity contribution in [1.29, 1.82) is 0 Å². The topological polar surface area (TPSA) is 65.0 Å². The van der Waals surface area contributed by atoms with Crippen LogP contribution >= 0.6 is 0 Å². The minimum Gasteiger partial charge on any atom is -0.472 e. The Morgan fingerprint density at radius 1 is 1.72 bits per heavy atom. The third kappa shape index (κ3) is 1.31. The highest BCUT2D eigenvalue weighted by Gasteiger charge is 2.64. The van der Waals surface area contributed by atoms with Gasteiger partial charge in [-0.2, -0.15) is 0 Å². The molecule has 5 nitrogen and oxygen atoms in total. The molecule has 3 aliphatic rings. The standard InChI is InChI=1S/C13H16O5/c1-3-7-4-8-9(11(14)16-2)5-17-12-10(8)13(7,15)6-18-12/h3,5,7-8,10,12,15H,1,4,6H2,2H3/t7-,8-,10-,12-,13+/m1/s1. The Bertz CT molecular complexity index is 429. The van der Waals surface area contributed by atoms with Gasteiger partial charge in [-0.15, -0.1) is 6.58 Å². The van der Waals surface area contributed by atoms with Gasteiger partial charge in [-0.1, -0.05) is 6.08 Å². The number of carbonyl (C=O) groups is 1. The minimum atomic E-state index is -0.982. The highest BCUT2D eigenvalue weighted by Crippen LogP contribution is 2.55. The lowest BCUT2D eigenvalue weighted by molar-refractivity contribution is -0.142. The summed E-state index contributed by atoms with van der Waals surface area (Å²) in [6.07, 6.45) is 3.35. The molecule has 2 heterocycles. The second-order valence-electron chi connectivity index (χ2n) is 5.08. The number of ether oxygens (including phenoxy) is 3. The smallest absolute Gasteiger partial charge is 0.337 e. The van der Waals surface area contributed by atoms with Gasteiger partial charge in [-0.25, -0.2) is 4.79 Å². The fraction of sp³-hybridized carbons (Fsp3) is 0.615. The molecule has 1 N–H and O–H groups in total. The molecule has 1 saturated carbocycles. The molecule has 18 heavy (non-hydrogen) atoms. The van der Waals surface area contributed by atoms with E-state index in [1.54, 1.807) is 6.08 Å². The van der Waals surface area contributed by atoms with Crippen molar-refractivity contribution in [2.24, 2.45) is 17.8 Å². The maximum absolute atomic E-state index is 11.7. The predicted octanol–water partition coefficient (Wildman–Crippen LogP) is 0.599. The highest BCUT2D eigenvalue weighted by molar-refractivity contribution is 5.89. The molecule has 98 valence electrons. The summed E-state index contributed by atoms with van der Waals surface area (Å²) in [5.41, 5.74) is -0.503. The first-order valence-electron chi connectivity index (χ1n) is 6.02. The molecule has 1 saturated heterocycles. The van der Waals surface area contributed by atoms with Crippen molar-refractivity contribution < 1.29 is 24.1 Å². The molecule has 0 unspecified atom stereocenters. The van der Waals surface area contributed by atoms with Crippen molar-refractivity contribution in [3.8, 4) is 0 Å². The second-order valence-corrected chi connectivity index (χ2v) is 5.08. The van der Waals surface area contributed by atoms with Crippen LogP contribution in [0.4, 0.5) is 0 Å². The van der Waals surface area contributed by atoms with E-state index in [2.05, 4.69) is 6.58 Å². The predicted molar refractivity (Wildman–Crippen MR) is 61.2 cm³/mol. The second kappa shape index (κ2) is 3.83. The molecular formula is C13H16O5. The summed E-state index contributed by atoms with van der Waals surface area (Å²) < 4.78 is 15.6. The Morgan fingerprint density at radius 3 is 3.17 bits per heavy atom. The van der Waals surface area contributed by atoms with Crippen molar-refractivity contribution in [2.75, 3.05) is 13.7 Å². The molecule has 0 spiro atoms. The Balaban J connectivity index is 1.99. The SMILES string of the molecule is C=C[C@@H]1C[C@@H]2C(C(=O)OC)=CO[C@@H]3OC[C@@]1(O)[C@@H]32. The summed E-state index contributed by atoms with van der Waals surface area (Å²) in [7, 11) is 1.34. The Kier molecular flexibility index (Phi) is 2.50.